The molecule has 0 aromatic rings. The van der Waals surface area contributed by atoms with Gasteiger partial charge in [-0.05, 0) is 17.7 Å². The highest BCUT2D eigenvalue weighted by molar-refractivity contribution is 7.80. The van der Waals surface area contributed by atoms with E-state index < -0.39 is 0 Å². The standard InChI is InChI=1S/C11H18BN2S/c1-10(11(2,7-15)12-10)5-8-4-9(13)14(3)6-8/h6,13,15H,4-5,7H2,1-3H3. The van der Waals surface area contributed by atoms with Gasteiger partial charge in [-0.3, -0.25) is 5.41 Å². The van der Waals surface area contributed by atoms with Gasteiger partial charge in [0.25, 0.3) is 0 Å². The van der Waals surface area contributed by atoms with Crippen LogP contribution in [0.25, 0.3) is 0 Å². The van der Waals surface area contributed by atoms with Crippen molar-refractivity contribution in [1.29, 1.82) is 5.41 Å². The summed E-state index contributed by atoms with van der Waals surface area (Å²) in [6.45, 7) is 4.57. The molecule has 2 rings (SSSR count). The van der Waals surface area contributed by atoms with E-state index in [-0.39, 0.29) is 0 Å². The first kappa shape index (κ1) is 11.1. The summed E-state index contributed by atoms with van der Waals surface area (Å²) in [5.41, 5.74) is 1.38. The molecule has 1 fully saturated rings. The summed E-state index contributed by atoms with van der Waals surface area (Å²) in [7, 11) is 4.35. The SMILES string of the molecule is CN1C=C(CC2(C)[B]C2(C)CS)CC1=N. The Labute approximate surface area is 98.3 Å². The van der Waals surface area contributed by atoms with Crippen molar-refractivity contribution in [2.45, 2.75) is 37.3 Å². The zero-order valence-electron chi connectivity index (χ0n) is 9.67. The maximum atomic E-state index is 7.71. The van der Waals surface area contributed by atoms with Crippen molar-refractivity contribution in [2.75, 3.05) is 12.8 Å². The number of rotatable bonds is 3. The zero-order valence-corrected chi connectivity index (χ0v) is 10.6. The second-order valence-electron chi connectivity index (χ2n) is 5.34. The number of hydrogen-bond donors (Lipinski definition) is 2. The van der Waals surface area contributed by atoms with Crippen molar-refractivity contribution < 1.29 is 0 Å². The van der Waals surface area contributed by atoms with Crippen LogP contribution in [0.2, 0.25) is 10.6 Å². The van der Waals surface area contributed by atoms with Crippen LogP contribution in [0.5, 0.6) is 0 Å². The molecular formula is C11H18BN2S. The molecule has 1 saturated heterocycles. The fourth-order valence-corrected chi connectivity index (χ4v) is 2.92. The summed E-state index contributed by atoms with van der Waals surface area (Å²) < 4.78 is 0. The van der Waals surface area contributed by atoms with Crippen molar-refractivity contribution in [3.8, 4) is 0 Å². The predicted molar refractivity (Wildman–Crippen MR) is 69.1 cm³/mol. The van der Waals surface area contributed by atoms with Crippen molar-refractivity contribution in [3.05, 3.63) is 11.8 Å². The van der Waals surface area contributed by atoms with Crippen LogP contribution in [0.4, 0.5) is 0 Å². The first-order chi connectivity index (χ1) is 6.90. The van der Waals surface area contributed by atoms with Gasteiger partial charge in [0.15, 0.2) is 0 Å². The van der Waals surface area contributed by atoms with E-state index in [4.69, 9.17) is 5.41 Å². The lowest BCUT2D eigenvalue weighted by Gasteiger charge is -2.18. The molecule has 2 unspecified atom stereocenters. The monoisotopic (exact) mass is 221 g/mol. The lowest BCUT2D eigenvalue weighted by molar-refractivity contribution is 0.579. The maximum absolute atomic E-state index is 7.71. The van der Waals surface area contributed by atoms with Gasteiger partial charge in [-0.2, -0.15) is 12.6 Å². The Hall–Kier alpha value is -0.375. The van der Waals surface area contributed by atoms with E-state index in [1.165, 1.54) is 5.57 Å². The normalized spacial score (nSPS) is 39.1. The maximum Gasteiger partial charge on any atom is 0.126 e. The molecule has 2 heterocycles. The quantitative estimate of drug-likeness (QED) is 0.556. The van der Waals surface area contributed by atoms with Gasteiger partial charge in [0.2, 0.25) is 0 Å². The van der Waals surface area contributed by atoms with Crippen LogP contribution in [0.15, 0.2) is 11.8 Å². The molecule has 0 bridgehead atoms. The molecular weight excluding hydrogens is 203 g/mol. The van der Waals surface area contributed by atoms with Crippen LogP contribution < -0.4 is 0 Å². The number of nitrogens with one attached hydrogen (secondary N) is 1. The first-order valence-electron chi connectivity index (χ1n) is 5.38. The Morgan fingerprint density at radius 3 is 2.60 bits per heavy atom. The topological polar surface area (TPSA) is 27.1 Å². The molecule has 1 radical (unpaired) electrons. The Kier molecular flexibility index (Phi) is 2.45. The Balaban J connectivity index is 2.01. The Morgan fingerprint density at radius 2 is 2.20 bits per heavy atom. The molecule has 81 valence electrons. The van der Waals surface area contributed by atoms with E-state index in [2.05, 4.69) is 40.0 Å². The highest BCUT2D eigenvalue weighted by atomic mass is 32.1. The van der Waals surface area contributed by atoms with Crippen LogP contribution in [-0.4, -0.2) is 30.8 Å². The number of hydrogen-bond acceptors (Lipinski definition) is 2. The first-order valence-corrected chi connectivity index (χ1v) is 6.01. The van der Waals surface area contributed by atoms with Gasteiger partial charge in [-0.1, -0.05) is 24.5 Å². The second-order valence-corrected chi connectivity index (χ2v) is 5.65. The molecule has 2 nitrogen and oxygen atoms in total. The summed E-state index contributed by atoms with van der Waals surface area (Å²) in [4.78, 5) is 1.92. The van der Waals surface area contributed by atoms with Crippen LogP contribution in [0.1, 0.15) is 26.7 Å². The Bertz CT molecular complexity index is 341. The average molecular weight is 221 g/mol. The van der Waals surface area contributed by atoms with Crippen molar-refractivity contribution in [2.24, 2.45) is 0 Å². The highest BCUT2D eigenvalue weighted by Crippen LogP contribution is 2.71. The molecule has 0 saturated carbocycles. The van der Waals surface area contributed by atoms with Crippen molar-refractivity contribution >= 4 is 25.7 Å². The predicted octanol–water partition coefficient (Wildman–Crippen LogP) is 2.58. The summed E-state index contributed by atoms with van der Waals surface area (Å²) >= 11 is 4.41. The lowest BCUT2D eigenvalue weighted by Crippen LogP contribution is -2.13. The highest BCUT2D eigenvalue weighted by Gasteiger charge is 2.60. The van der Waals surface area contributed by atoms with Gasteiger partial charge < -0.3 is 4.90 Å². The fraction of sp³-hybridized carbons (Fsp3) is 0.727. The minimum atomic E-state index is 0.292. The third-order valence-electron chi connectivity index (χ3n) is 3.98. The van der Waals surface area contributed by atoms with E-state index in [0.29, 0.717) is 16.5 Å². The smallest absolute Gasteiger partial charge is 0.126 e. The van der Waals surface area contributed by atoms with Crippen molar-refractivity contribution in [3.63, 3.8) is 0 Å². The summed E-state index contributed by atoms with van der Waals surface area (Å²) in [5.74, 6) is 1.63. The number of thiol groups is 1. The van der Waals surface area contributed by atoms with E-state index >= 15 is 0 Å². The fourth-order valence-electron chi connectivity index (χ4n) is 2.46. The molecule has 2 atom stereocenters. The third kappa shape index (κ3) is 1.73. The van der Waals surface area contributed by atoms with Crippen LogP contribution >= 0.6 is 12.6 Å². The Morgan fingerprint density at radius 1 is 1.53 bits per heavy atom. The molecule has 0 aromatic carbocycles. The van der Waals surface area contributed by atoms with E-state index in [1.54, 1.807) is 0 Å². The summed E-state index contributed by atoms with van der Waals surface area (Å²) in [5, 5.41) is 8.30. The van der Waals surface area contributed by atoms with Crippen LogP contribution in [0, 0.1) is 5.41 Å². The number of amidine groups is 1. The van der Waals surface area contributed by atoms with Crippen LogP contribution in [0.3, 0.4) is 0 Å². The zero-order chi connectivity index (χ0) is 11.3. The van der Waals surface area contributed by atoms with Gasteiger partial charge >= 0.3 is 0 Å². The summed E-state index contributed by atoms with van der Waals surface area (Å²) in [6.07, 6.45) is 4.01. The van der Waals surface area contributed by atoms with Gasteiger partial charge in [-0.25, -0.2) is 0 Å². The van der Waals surface area contributed by atoms with Gasteiger partial charge in [0, 0.05) is 19.7 Å². The van der Waals surface area contributed by atoms with E-state index in [9.17, 15) is 0 Å². The molecule has 0 amide bonds. The van der Waals surface area contributed by atoms with Gasteiger partial charge in [0.05, 0.1) is 0 Å². The van der Waals surface area contributed by atoms with Gasteiger partial charge in [0.1, 0.15) is 13.1 Å². The molecule has 0 aromatic heterocycles. The second kappa shape index (κ2) is 3.31. The van der Waals surface area contributed by atoms with Crippen LogP contribution in [-0.2, 0) is 0 Å². The summed E-state index contributed by atoms with van der Waals surface area (Å²) in [6, 6.07) is 0. The largest absolute Gasteiger partial charge is 0.340 e. The molecule has 4 heteroatoms. The molecule has 2 aliphatic rings. The molecule has 0 aliphatic carbocycles. The molecule has 1 N–H and O–H groups in total. The minimum Gasteiger partial charge on any atom is -0.340 e. The molecule has 0 spiro atoms. The number of nitrogens with zero attached hydrogens (tertiary/aromatic N) is 1. The van der Waals surface area contributed by atoms with E-state index in [0.717, 1.165) is 18.6 Å². The molecule has 15 heavy (non-hydrogen) atoms. The molecule has 2 aliphatic heterocycles. The van der Waals surface area contributed by atoms with E-state index in [1.807, 2.05) is 11.9 Å². The average Bonchev–Trinajstić information content (AvgIpc) is 2.53. The van der Waals surface area contributed by atoms with Crippen molar-refractivity contribution in [1.82, 2.24) is 4.90 Å². The lowest BCUT2D eigenvalue weighted by atomic mass is 9.83. The third-order valence-corrected chi connectivity index (χ3v) is 4.63. The minimum absolute atomic E-state index is 0.292. The van der Waals surface area contributed by atoms with Gasteiger partial charge in [-0.15, -0.1) is 0 Å².